The normalized spacial score (nSPS) is 12.7. The van der Waals surface area contributed by atoms with Gasteiger partial charge in [0.1, 0.15) is 0 Å². The molecule has 1 aliphatic carbocycles. The van der Waals surface area contributed by atoms with Gasteiger partial charge in [0, 0.05) is 55.4 Å². The third kappa shape index (κ3) is 6.66. The molecule has 0 aliphatic heterocycles. The number of hydrogen-bond donors (Lipinski definition) is 0. The molecule has 0 bridgehead atoms. The summed E-state index contributed by atoms with van der Waals surface area (Å²) in [5, 5.41) is 5.05. The lowest BCUT2D eigenvalue weighted by Gasteiger charge is -2.28. The summed E-state index contributed by atoms with van der Waals surface area (Å²) in [6.45, 7) is 4.78. The van der Waals surface area contributed by atoms with Gasteiger partial charge in [0.15, 0.2) is 0 Å². The van der Waals surface area contributed by atoms with Gasteiger partial charge in [0.2, 0.25) is 0 Å². The van der Waals surface area contributed by atoms with E-state index in [4.69, 9.17) is 0 Å². The smallest absolute Gasteiger partial charge is 0.0541 e. The number of hydrogen-bond acceptors (Lipinski definition) is 1. The van der Waals surface area contributed by atoms with Crippen LogP contribution in [0, 0.1) is 0 Å². The van der Waals surface area contributed by atoms with Crippen molar-refractivity contribution >= 4 is 60.7 Å². The molecule has 0 saturated heterocycles. The summed E-state index contributed by atoms with van der Waals surface area (Å²) in [6, 6.07) is 95.8. The molecule has 0 unspecified atom stereocenters. The predicted octanol–water partition coefficient (Wildman–Crippen LogP) is 18.7. The molecule has 1 aliphatic rings. The molecular weight excluding hydrogens is 871 g/mol. The van der Waals surface area contributed by atoms with Crippen molar-refractivity contribution < 1.29 is 0 Å². The van der Waals surface area contributed by atoms with Crippen molar-refractivity contribution in [2.75, 3.05) is 4.90 Å². The van der Waals surface area contributed by atoms with Crippen LogP contribution in [0.2, 0.25) is 0 Å². The molecule has 3 nitrogen and oxygen atoms in total. The van der Waals surface area contributed by atoms with Gasteiger partial charge in [0.25, 0.3) is 0 Å². The Balaban J connectivity index is 0.853. The fraction of sp³-hybridized carbons (Fsp3) is 0.0435. The molecule has 13 aromatic rings. The van der Waals surface area contributed by atoms with Gasteiger partial charge in [-0.1, -0.05) is 184 Å². The minimum Gasteiger partial charge on any atom is -0.310 e. The Kier molecular flexibility index (Phi) is 9.56. The minimum absolute atomic E-state index is 0.247. The van der Waals surface area contributed by atoms with Crippen molar-refractivity contribution in [2.24, 2.45) is 0 Å². The molecule has 0 atom stereocenters. The molecule has 2 aromatic heterocycles. The first-order valence-electron chi connectivity index (χ1n) is 25.0. The molecule has 11 aromatic carbocycles. The number of fused-ring (bicyclic) bond motifs is 9. The van der Waals surface area contributed by atoms with Gasteiger partial charge >= 0.3 is 0 Å². The molecule has 0 fully saturated rings. The highest BCUT2D eigenvalue weighted by atomic mass is 15.1. The summed E-state index contributed by atoms with van der Waals surface area (Å²) in [4.78, 5) is 2.42. The van der Waals surface area contributed by atoms with E-state index in [0.717, 1.165) is 22.7 Å². The van der Waals surface area contributed by atoms with E-state index >= 15 is 0 Å². The molecule has 340 valence electrons. The van der Waals surface area contributed by atoms with Crippen molar-refractivity contribution in [3.05, 3.63) is 272 Å². The lowest BCUT2D eigenvalue weighted by Crippen LogP contribution is -2.17. The first-order valence-corrected chi connectivity index (χ1v) is 25.0. The lowest BCUT2D eigenvalue weighted by atomic mass is 9.82. The first-order chi connectivity index (χ1) is 35.5. The Morgan fingerprint density at radius 3 is 1.24 bits per heavy atom. The SMILES string of the molecule is CC1(C)c2cc(N(c3ccc(-c4ccc(-c5ccccc5)cc4)cc3)c3ccc(-c4ccc5c(c4)c4ccccc4n5-c4ccccc4)cc3)ccc2-c2ccc(-n3c4ccccc4c4ccccc43)cc21. The van der Waals surface area contributed by atoms with E-state index in [1.54, 1.807) is 0 Å². The highest BCUT2D eigenvalue weighted by Gasteiger charge is 2.36. The molecule has 0 N–H and O–H groups in total. The van der Waals surface area contributed by atoms with Crippen LogP contribution in [-0.4, -0.2) is 9.13 Å². The van der Waals surface area contributed by atoms with Gasteiger partial charge in [-0.25, -0.2) is 0 Å². The molecule has 0 saturated carbocycles. The zero-order chi connectivity index (χ0) is 47.9. The van der Waals surface area contributed by atoms with Crippen LogP contribution in [0.15, 0.2) is 261 Å². The monoisotopic (exact) mass is 919 g/mol. The van der Waals surface area contributed by atoms with Gasteiger partial charge < -0.3 is 14.0 Å². The fourth-order valence-corrected chi connectivity index (χ4v) is 11.7. The lowest BCUT2D eigenvalue weighted by molar-refractivity contribution is 0.660. The van der Waals surface area contributed by atoms with E-state index in [0.29, 0.717) is 0 Å². The topological polar surface area (TPSA) is 13.1 Å². The third-order valence-electron chi connectivity index (χ3n) is 15.3. The second-order valence-corrected chi connectivity index (χ2v) is 19.7. The second-order valence-electron chi connectivity index (χ2n) is 19.7. The van der Waals surface area contributed by atoms with E-state index < -0.39 is 0 Å². The number of anilines is 3. The van der Waals surface area contributed by atoms with Gasteiger partial charge in [-0.05, 0) is 147 Å². The van der Waals surface area contributed by atoms with Crippen LogP contribution in [0.1, 0.15) is 25.0 Å². The molecular formula is C69H49N3. The molecule has 3 heteroatoms. The number of rotatable bonds is 8. The van der Waals surface area contributed by atoms with E-state index in [1.807, 2.05) is 0 Å². The van der Waals surface area contributed by atoms with E-state index in [2.05, 4.69) is 289 Å². The van der Waals surface area contributed by atoms with Crippen molar-refractivity contribution in [1.82, 2.24) is 9.13 Å². The van der Waals surface area contributed by atoms with Crippen LogP contribution in [0.4, 0.5) is 17.1 Å². The Labute approximate surface area is 419 Å². The number of para-hydroxylation sites is 4. The van der Waals surface area contributed by atoms with Gasteiger partial charge in [-0.15, -0.1) is 0 Å². The Morgan fingerprint density at radius 1 is 0.278 bits per heavy atom. The highest BCUT2D eigenvalue weighted by molar-refractivity contribution is 6.11. The fourth-order valence-electron chi connectivity index (χ4n) is 11.7. The average Bonchev–Trinajstić information content (AvgIpc) is 4.04. The molecule has 72 heavy (non-hydrogen) atoms. The molecule has 0 amide bonds. The second kappa shape index (κ2) is 16.5. The largest absolute Gasteiger partial charge is 0.310 e. The van der Waals surface area contributed by atoms with Crippen molar-refractivity contribution in [2.45, 2.75) is 19.3 Å². The van der Waals surface area contributed by atoms with E-state index in [9.17, 15) is 0 Å². The maximum Gasteiger partial charge on any atom is 0.0541 e. The summed E-state index contributed by atoms with van der Waals surface area (Å²) in [6.07, 6.45) is 0. The van der Waals surface area contributed by atoms with Crippen LogP contribution >= 0.6 is 0 Å². The maximum absolute atomic E-state index is 2.44. The van der Waals surface area contributed by atoms with Crippen LogP contribution < -0.4 is 4.90 Å². The molecule has 0 radical (unpaired) electrons. The minimum atomic E-state index is -0.247. The number of benzene rings is 11. The Hall–Kier alpha value is -9.18. The van der Waals surface area contributed by atoms with E-state index in [1.165, 1.54) is 105 Å². The maximum atomic E-state index is 2.44. The van der Waals surface area contributed by atoms with Crippen LogP contribution in [0.25, 0.3) is 99.5 Å². The average molecular weight is 920 g/mol. The van der Waals surface area contributed by atoms with Crippen LogP contribution in [0.5, 0.6) is 0 Å². The van der Waals surface area contributed by atoms with Gasteiger partial charge in [-0.2, -0.15) is 0 Å². The van der Waals surface area contributed by atoms with Crippen LogP contribution in [0.3, 0.4) is 0 Å². The third-order valence-corrected chi connectivity index (χ3v) is 15.3. The summed E-state index contributed by atoms with van der Waals surface area (Å²) in [5.41, 5.74) is 22.7. The van der Waals surface area contributed by atoms with Crippen LogP contribution in [-0.2, 0) is 5.41 Å². The van der Waals surface area contributed by atoms with Crippen molar-refractivity contribution in [3.8, 4) is 55.9 Å². The van der Waals surface area contributed by atoms with Crippen molar-refractivity contribution in [3.63, 3.8) is 0 Å². The highest BCUT2D eigenvalue weighted by Crippen LogP contribution is 2.52. The van der Waals surface area contributed by atoms with Crippen molar-refractivity contribution in [1.29, 1.82) is 0 Å². The summed E-state index contributed by atoms with van der Waals surface area (Å²) in [7, 11) is 0. The molecule has 0 spiro atoms. The Morgan fingerprint density at radius 2 is 0.667 bits per heavy atom. The summed E-state index contributed by atoms with van der Waals surface area (Å²) < 4.78 is 4.81. The zero-order valence-corrected chi connectivity index (χ0v) is 40.2. The number of nitrogens with zero attached hydrogens (tertiary/aromatic N) is 3. The summed E-state index contributed by atoms with van der Waals surface area (Å²) in [5.74, 6) is 0. The molecule has 14 rings (SSSR count). The van der Waals surface area contributed by atoms with E-state index in [-0.39, 0.29) is 5.41 Å². The Bertz CT molecular complexity index is 4140. The zero-order valence-electron chi connectivity index (χ0n) is 40.2. The molecule has 2 heterocycles. The standard InChI is InChI=1S/C69H49N3/c1-69(2)63-44-55(38-40-57(63)58-41-39-56(45-64(58)69)72-65-22-12-9-19-59(65)60-20-10-13-23-66(60)72)70(53-34-29-49(30-35-53)48-27-25-47(26-28-48)46-15-5-3-6-16-46)54-36-31-50(32-37-54)51-33-42-68-62(43-51)61-21-11-14-24-67(61)71(68)52-17-7-4-8-18-52/h3-45H,1-2H3. The van der Waals surface area contributed by atoms with Gasteiger partial charge in [0.05, 0.1) is 22.1 Å². The quantitative estimate of drug-likeness (QED) is 0.148. The predicted molar refractivity (Wildman–Crippen MR) is 304 cm³/mol. The van der Waals surface area contributed by atoms with Gasteiger partial charge in [-0.3, -0.25) is 0 Å². The first kappa shape index (κ1) is 41.8. The summed E-state index contributed by atoms with van der Waals surface area (Å²) >= 11 is 0. The number of aromatic nitrogens is 2.